The molecule has 150 valence electrons. The Labute approximate surface area is 169 Å². The van der Waals surface area contributed by atoms with E-state index in [2.05, 4.69) is 5.32 Å². The molecule has 0 aliphatic heterocycles. The van der Waals surface area contributed by atoms with Crippen molar-refractivity contribution in [2.75, 3.05) is 14.1 Å². The number of carbonyl (C=O) groups is 2. The van der Waals surface area contributed by atoms with Gasteiger partial charge < -0.3 is 14.8 Å². The molecule has 1 aliphatic carbocycles. The maximum absolute atomic E-state index is 12.8. The van der Waals surface area contributed by atoms with E-state index in [0.717, 1.165) is 24.3 Å². The molecule has 3 rings (SSSR count). The van der Waals surface area contributed by atoms with Crippen molar-refractivity contribution in [2.24, 2.45) is 5.92 Å². The highest BCUT2D eigenvalue weighted by Crippen LogP contribution is 2.25. The molecule has 0 unspecified atom stereocenters. The largest absolute Gasteiger partial charge is 0.352 e. The molecule has 0 spiro atoms. The summed E-state index contributed by atoms with van der Waals surface area (Å²) in [5.74, 6) is -0.305. The van der Waals surface area contributed by atoms with E-state index >= 15 is 0 Å². The van der Waals surface area contributed by atoms with Crippen LogP contribution in [0.1, 0.15) is 57.7 Å². The fraction of sp³-hybridized carbons (Fsp3) is 0.476. The Balaban J connectivity index is 1.88. The van der Waals surface area contributed by atoms with Gasteiger partial charge in [-0.3, -0.25) is 14.4 Å². The number of aromatic nitrogens is 1. The van der Waals surface area contributed by atoms with E-state index in [1.807, 2.05) is 22.1 Å². The second-order valence-corrected chi connectivity index (χ2v) is 8.61. The molecule has 2 heterocycles. The lowest BCUT2D eigenvalue weighted by atomic mass is 9.89. The number of nitrogens with one attached hydrogen (secondary N) is 1. The van der Waals surface area contributed by atoms with Gasteiger partial charge in [0.1, 0.15) is 11.1 Å². The first kappa shape index (κ1) is 20.3. The number of pyridine rings is 1. The first-order chi connectivity index (χ1) is 13.5. The zero-order valence-corrected chi connectivity index (χ0v) is 17.3. The van der Waals surface area contributed by atoms with Crippen LogP contribution < -0.4 is 10.7 Å². The molecular formula is C21H27N3O3S. The third-order valence-electron chi connectivity index (χ3n) is 5.16. The van der Waals surface area contributed by atoms with Gasteiger partial charge in [0.15, 0.2) is 0 Å². The quantitative estimate of drug-likeness (QED) is 0.808. The summed E-state index contributed by atoms with van der Waals surface area (Å²) < 4.78 is 1.86. The van der Waals surface area contributed by atoms with Crippen molar-refractivity contribution in [2.45, 2.75) is 45.2 Å². The van der Waals surface area contributed by atoms with Gasteiger partial charge in [-0.25, -0.2) is 0 Å². The number of rotatable bonds is 6. The third-order valence-corrected chi connectivity index (χ3v) is 6.03. The fourth-order valence-corrected chi connectivity index (χ4v) is 4.28. The monoisotopic (exact) mass is 401 g/mol. The lowest BCUT2D eigenvalue weighted by Gasteiger charge is -2.23. The van der Waals surface area contributed by atoms with Gasteiger partial charge in [0.25, 0.3) is 11.8 Å². The van der Waals surface area contributed by atoms with Crippen molar-refractivity contribution < 1.29 is 9.59 Å². The zero-order chi connectivity index (χ0) is 20.1. The Morgan fingerprint density at radius 3 is 2.54 bits per heavy atom. The molecule has 28 heavy (non-hydrogen) atoms. The van der Waals surface area contributed by atoms with Gasteiger partial charge in [0.2, 0.25) is 5.43 Å². The first-order valence-electron chi connectivity index (χ1n) is 9.72. The highest BCUT2D eigenvalue weighted by atomic mass is 32.1. The second kappa shape index (κ2) is 9.19. The predicted octanol–water partition coefficient (Wildman–Crippen LogP) is 3.12. The topological polar surface area (TPSA) is 71.4 Å². The molecular weight excluding hydrogens is 374 g/mol. The number of hydrogen-bond acceptors (Lipinski definition) is 4. The first-order valence-corrected chi connectivity index (χ1v) is 10.6. The van der Waals surface area contributed by atoms with Crippen LogP contribution >= 0.6 is 11.3 Å². The lowest BCUT2D eigenvalue weighted by molar-refractivity contribution is 0.0825. The molecule has 1 saturated carbocycles. The summed E-state index contributed by atoms with van der Waals surface area (Å²) >= 11 is 1.54. The van der Waals surface area contributed by atoms with Gasteiger partial charge in [-0.2, -0.15) is 0 Å². The van der Waals surface area contributed by atoms with Crippen LogP contribution in [-0.2, 0) is 13.1 Å². The summed E-state index contributed by atoms with van der Waals surface area (Å²) in [7, 11) is 3.22. The molecule has 0 saturated heterocycles. The minimum Gasteiger partial charge on any atom is -0.352 e. The maximum Gasteiger partial charge on any atom is 0.258 e. The summed E-state index contributed by atoms with van der Waals surface area (Å²) in [5.41, 5.74) is -0.438. The maximum atomic E-state index is 12.8. The number of amides is 2. The molecule has 2 aromatic heterocycles. The average Bonchev–Trinajstić information content (AvgIpc) is 3.21. The molecule has 2 amide bonds. The van der Waals surface area contributed by atoms with Crippen LogP contribution in [-0.4, -0.2) is 35.4 Å². The van der Waals surface area contributed by atoms with Gasteiger partial charge in [-0.1, -0.05) is 25.3 Å². The number of nitrogens with zero attached hydrogens (tertiary/aromatic N) is 2. The highest BCUT2D eigenvalue weighted by Gasteiger charge is 2.22. The summed E-state index contributed by atoms with van der Waals surface area (Å²) in [6.45, 7) is 1.09. The van der Waals surface area contributed by atoms with Crippen LogP contribution in [0.4, 0.5) is 0 Å². The normalized spacial score (nSPS) is 14.6. The van der Waals surface area contributed by atoms with Crippen molar-refractivity contribution in [3.8, 4) is 0 Å². The Morgan fingerprint density at radius 2 is 1.89 bits per heavy atom. The van der Waals surface area contributed by atoms with Gasteiger partial charge in [0.05, 0.1) is 6.54 Å². The molecule has 0 bridgehead atoms. The minimum atomic E-state index is -0.512. The van der Waals surface area contributed by atoms with Crippen LogP contribution in [0, 0.1) is 5.92 Å². The zero-order valence-electron chi connectivity index (χ0n) is 16.4. The fourth-order valence-electron chi connectivity index (χ4n) is 3.64. The van der Waals surface area contributed by atoms with E-state index in [1.165, 1.54) is 24.2 Å². The molecule has 0 radical (unpaired) electrons. The van der Waals surface area contributed by atoms with E-state index < -0.39 is 11.3 Å². The van der Waals surface area contributed by atoms with Gasteiger partial charge in [-0.05, 0) is 30.2 Å². The van der Waals surface area contributed by atoms with E-state index in [1.54, 1.807) is 37.8 Å². The third kappa shape index (κ3) is 4.90. The molecule has 1 fully saturated rings. The van der Waals surface area contributed by atoms with Gasteiger partial charge >= 0.3 is 0 Å². The van der Waals surface area contributed by atoms with Crippen LogP contribution in [0.25, 0.3) is 0 Å². The summed E-state index contributed by atoms with van der Waals surface area (Å²) in [6, 6.07) is 3.85. The van der Waals surface area contributed by atoms with Crippen molar-refractivity contribution >= 4 is 23.2 Å². The molecule has 0 aromatic carbocycles. The van der Waals surface area contributed by atoms with Crippen LogP contribution in [0.2, 0.25) is 0 Å². The predicted molar refractivity (Wildman–Crippen MR) is 111 cm³/mol. The summed E-state index contributed by atoms with van der Waals surface area (Å²) in [5, 5.41) is 4.74. The van der Waals surface area contributed by atoms with Crippen LogP contribution in [0.15, 0.2) is 34.7 Å². The van der Waals surface area contributed by atoms with Crippen molar-refractivity contribution in [1.29, 1.82) is 0 Å². The Morgan fingerprint density at radius 1 is 1.18 bits per heavy atom. The Bertz CT molecular complexity index is 881. The average molecular weight is 402 g/mol. The number of carbonyl (C=O) groups excluding carboxylic acids is 2. The molecule has 2 aromatic rings. The minimum absolute atomic E-state index is 0.0278. The van der Waals surface area contributed by atoms with E-state index in [-0.39, 0.29) is 17.0 Å². The van der Waals surface area contributed by atoms with Crippen LogP contribution in [0.3, 0.4) is 0 Å². The van der Waals surface area contributed by atoms with Crippen molar-refractivity contribution in [3.63, 3.8) is 0 Å². The summed E-state index contributed by atoms with van der Waals surface area (Å²) in [6.07, 6.45) is 9.18. The van der Waals surface area contributed by atoms with Gasteiger partial charge in [-0.15, -0.1) is 11.3 Å². The smallest absolute Gasteiger partial charge is 0.258 e. The van der Waals surface area contributed by atoms with Gasteiger partial charge in [0, 0.05) is 37.9 Å². The van der Waals surface area contributed by atoms with E-state index in [0.29, 0.717) is 12.5 Å². The number of thiophene rings is 1. The number of hydrogen-bond donors (Lipinski definition) is 1. The van der Waals surface area contributed by atoms with Crippen LogP contribution in [0.5, 0.6) is 0 Å². The molecule has 6 nitrogen and oxygen atoms in total. The highest BCUT2D eigenvalue weighted by molar-refractivity contribution is 7.09. The van der Waals surface area contributed by atoms with Crippen molar-refractivity contribution in [3.05, 3.63) is 56.1 Å². The molecule has 1 aliphatic rings. The SMILES string of the molecule is CN(C)C(=O)c1cn(CC2CCCCC2)cc(C(=O)NCc2cccs2)c1=O. The Hall–Kier alpha value is -2.41. The summed E-state index contributed by atoms with van der Waals surface area (Å²) in [4.78, 5) is 40.4. The van der Waals surface area contributed by atoms with E-state index in [9.17, 15) is 14.4 Å². The molecule has 0 atom stereocenters. The van der Waals surface area contributed by atoms with E-state index in [4.69, 9.17) is 0 Å². The standard InChI is InChI=1S/C21H27N3O3S/c1-23(2)21(27)18-14-24(12-15-7-4-3-5-8-15)13-17(19(18)25)20(26)22-11-16-9-6-10-28-16/h6,9-10,13-15H,3-5,7-8,11-12H2,1-2H3,(H,22,26). The second-order valence-electron chi connectivity index (χ2n) is 7.58. The van der Waals surface area contributed by atoms with Crippen molar-refractivity contribution in [1.82, 2.24) is 14.8 Å². The lowest BCUT2D eigenvalue weighted by Crippen LogP contribution is -2.35. The molecule has 1 N–H and O–H groups in total. The Kier molecular flexibility index (Phi) is 6.67. The molecule has 7 heteroatoms.